The van der Waals surface area contributed by atoms with Crippen molar-refractivity contribution in [1.29, 1.82) is 0 Å². The highest BCUT2D eigenvalue weighted by molar-refractivity contribution is 5.33. The summed E-state index contributed by atoms with van der Waals surface area (Å²) in [6, 6.07) is 2.39. The maximum Gasteiger partial charge on any atom is 0.188 e. The van der Waals surface area contributed by atoms with Gasteiger partial charge in [-0.15, -0.1) is 0 Å². The van der Waals surface area contributed by atoms with Gasteiger partial charge in [0.05, 0.1) is 0 Å². The van der Waals surface area contributed by atoms with Crippen molar-refractivity contribution in [1.82, 2.24) is 0 Å². The Morgan fingerprint density at radius 2 is 2.00 bits per heavy atom. The molecule has 0 aliphatic rings. The minimum atomic E-state index is -0.881. The third-order valence-corrected chi connectivity index (χ3v) is 1.62. The average molecular weight is 188 g/mol. The van der Waals surface area contributed by atoms with Crippen LogP contribution in [0.1, 0.15) is 5.56 Å². The Labute approximate surface area is 75.1 Å². The van der Waals surface area contributed by atoms with Crippen LogP contribution in [0.25, 0.3) is 0 Å². The van der Waals surface area contributed by atoms with E-state index in [0.717, 1.165) is 6.07 Å². The van der Waals surface area contributed by atoms with Crippen molar-refractivity contribution in [2.75, 3.05) is 13.9 Å². The van der Waals surface area contributed by atoms with Crippen molar-refractivity contribution >= 4 is 0 Å². The molecule has 0 amide bonds. The molecule has 72 valence electrons. The van der Waals surface area contributed by atoms with Gasteiger partial charge in [-0.3, -0.25) is 0 Å². The Morgan fingerprint density at radius 1 is 1.31 bits per heavy atom. The second kappa shape index (κ2) is 4.18. The Hall–Kier alpha value is -1.16. The van der Waals surface area contributed by atoms with Crippen LogP contribution in [0, 0.1) is 18.6 Å². The summed E-state index contributed by atoms with van der Waals surface area (Å²) in [4.78, 5) is 0. The molecule has 0 bridgehead atoms. The fraction of sp³-hybridized carbons (Fsp3) is 0.333. The van der Waals surface area contributed by atoms with Gasteiger partial charge < -0.3 is 9.47 Å². The number of ether oxygens (including phenoxy) is 2. The van der Waals surface area contributed by atoms with Crippen LogP contribution in [-0.4, -0.2) is 13.9 Å². The number of methoxy groups -OCH3 is 1. The van der Waals surface area contributed by atoms with Gasteiger partial charge in [0, 0.05) is 12.7 Å². The van der Waals surface area contributed by atoms with Crippen LogP contribution >= 0.6 is 0 Å². The van der Waals surface area contributed by atoms with E-state index < -0.39 is 11.6 Å². The van der Waals surface area contributed by atoms with Crippen LogP contribution in [0.5, 0.6) is 5.75 Å². The van der Waals surface area contributed by atoms with Crippen LogP contribution in [0.2, 0.25) is 0 Å². The molecule has 0 aliphatic carbocycles. The molecule has 0 radical (unpaired) electrons. The van der Waals surface area contributed by atoms with Gasteiger partial charge in [0.1, 0.15) is 5.75 Å². The van der Waals surface area contributed by atoms with E-state index in [2.05, 4.69) is 4.74 Å². The van der Waals surface area contributed by atoms with Crippen molar-refractivity contribution in [3.05, 3.63) is 29.3 Å². The zero-order valence-electron chi connectivity index (χ0n) is 7.43. The highest BCUT2D eigenvalue weighted by Gasteiger charge is 2.09. The standard InChI is InChI=1S/C9H10F2O2/c1-6-8(13-5-12-2)4-3-7(10)9(6)11/h3-4H,5H2,1-2H3. The lowest BCUT2D eigenvalue weighted by atomic mass is 10.2. The van der Waals surface area contributed by atoms with Gasteiger partial charge >= 0.3 is 0 Å². The molecule has 1 aromatic rings. The summed E-state index contributed by atoms with van der Waals surface area (Å²) in [5.41, 5.74) is 0.150. The predicted octanol–water partition coefficient (Wildman–Crippen LogP) is 2.26. The van der Waals surface area contributed by atoms with E-state index in [1.54, 1.807) is 0 Å². The molecule has 0 aromatic heterocycles. The zero-order valence-corrected chi connectivity index (χ0v) is 7.43. The first-order chi connectivity index (χ1) is 6.16. The number of rotatable bonds is 3. The number of halogens is 2. The number of hydrogen-bond donors (Lipinski definition) is 0. The van der Waals surface area contributed by atoms with Crippen LogP contribution < -0.4 is 4.74 Å². The molecular weight excluding hydrogens is 178 g/mol. The Kier molecular flexibility index (Phi) is 3.19. The third-order valence-electron chi connectivity index (χ3n) is 1.62. The van der Waals surface area contributed by atoms with E-state index in [1.165, 1.54) is 20.1 Å². The van der Waals surface area contributed by atoms with Gasteiger partial charge in [-0.25, -0.2) is 8.78 Å². The van der Waals surface area contributed by atoms with Crippen LogP contribution in [0.4, 0.5) is 8.78 Å². The average Bonchev–Trinajstić information content (AvgIpc) is 2.13. The first-order valence-corrected chi connectivity index (χ1v) is 3.73. The van der Waals surface area contributed by atoms with Gasteiger partial charge in [-0.05, 0) is 19.1 Å². The van der Waals surface area contributed by atoms with Gasteiger partial charge in [0.25, 0.3) is 0 Å². The first kappa shape index (κ1) is 9.92. The molecule has 0 saturated heterocycles. The predicted molar refractivity (Wildman–Crippen MR) is 43.6 cm³/mol. The van der Waals surface area contributed by atoms with Crippen molar-refractivity contribution in [2.45, 2.75) is 6.92 Å². The van der Waals surface area contributed by atoms with E-state index >= 15 is 0 Å². The van der Waals surface area contributed by atoms with Gasteiger partial charge in [0.15, 0.2) is 18.4 Å². The molecule has 4 heteroatoms. The molecule has 0 spiro atoms. The molecule has 0 atom stereocenters. The van der Waals surface area contributed by atoms with Crippen molar-refractivity contribution < 1.29 is 18.3 Å². The topological polar surface area (TPSA) is 18.5 Å². The molecule has 1 aromatic carbocycles. The van der Waals surface area contributed by atoms with Crippen molar-refractivity contribution in [3.63, 3.8) is 0 Å². The van der Waals surface area contributed by atoms with E-state index in [4.69, 9.17) is 4.74 Å². The maximum atomic E-state index is 12.9. The third kappa shape index (κ3) is 2.15. The van der Waals surface area contributed by atoms with Crippen LogP contribution in [0.3, 0.4) is 0 Å². The largest absolute Gasteiger partial charge is 0.467 e. The summed E-state index contributed by atoms with van der Waals surface area (Å²) in [5, 5.41) is 0. The summed E-state index contributed by atoms with van der Waals surface area (Å²) in [6.45, 7) is 1.47. The SMILES string of the molecule is COCOc1ccc(F)c(F)c1C. The Balaban J connectivity index is 2.90. The molecular formula is C9H10F2O2. The summed E-state index contributed by atoms with van der Waals surface area (Å²) in [6.07, 6.45) is 0. The van der Waals surface area contributed by atoms with Gasteiger partial charge in [-0.1, -0.05) is 0 Å². The molecule has 2 nitrogen and oxygen atoms in total. The van der Waals surface area contributed by atoms with Gasteiger partial charge in [0.2, 0.25) is 0 Å². The van der Waals surface area contributed by atoms with E-state index in [9.17, 15) is 8.78 Å². The zero-order chi connectivity index (χ0) is 9.84. The molecule has 0 N–H and O–H groups in total. The van der Waals surface area contributed by atoms with Crippen LogP contribution in [-0.2, 0) is 4.74 Å². The summed E-state index contributed by atoms with van der Waals surface area (Å²) in [7, 11) is 1.45. The van der Waals surface area contributed by atoms with Crippen molar-refractivity contribution in [3.8, 4) is 5.75 Å². The Morgan fingerprint density at radius 3 is 2.62 bits per heavy atom. The lowest BCUT2D eigenvalue weighted by molar-refractivity contribution is 0.0502. The number of hydrogen-bond acceptors (Lipinski definition) is 2. The van der Waals surface area contributed by atoms with E-state index in [-0.39, 0.29) is 12.4 Å². The quantitative estimate of drug-likeness (QED) is 0.677. The monoisotopic (exact) mass is 188 g/mol. The number of benzene rings is 1. The maximum absolute atomic E-state index is 12.9. The second-order valence-electron chi connectivity index (χ2n) is 2.54. The molecule has 13 heavy (non-hydrogen) atoms. The first-order valence-electron chi connectivity index (χ1n) is 3.73. The lowest BCUT2D eigenvalue weighted by Crippen LogP contribution is -2.02. The second-order valence-corrected chi connectivity index (χ2v) is 2.54. The molecule has 1 rings (SSSR count). The van der Waals surface area contributed by atoms with E-state index in [0.29, 0.717) is 5.75 Å². The van der Waals surface area contributed by atoms with E-state index in [1.807, 2.05) is 0 Å². The van der Waals surface area contributed by atoms with Gasteiger partial charge in [-0.2, -0.15) is 0 Å². The molecule has 0 unspecified atom stereocenters. The molecule has 0 fully saturated rings. The fourth-order valence-corrected chi connectivity index (χ4v) is 0.913. The fourth-order valence-electron chi connectivity index (χ4n) is 0.913. The minimum absolute atomic E-state index is 0.0198. The summed E-state index contributed by atoms with van der Waals surface area (Å²) >= 11 is 0. The van der Waals surface area contributed by atoms with Crippen molar-refractivity contribution in [2.24, 2.45) is 0 Å². The normalized spacial score (nSPS) is 10.2. The Bertz CT molecular complexity index is 300. The minimum Gasteiger partial charge on any atom is -0.467 e. The highest BCUT2D eigenvalue weighted by atomic mass is 19.2. The molecule has 0 saturated carbocycles. The molecule has 0 aliphatic heterocycles. The smallest absolute Gasteiger partial charge is 0.188 e. The lowest BCUT2D eigenvalue weighted by Gasteiger charge is -2.08. The summed E-state index contributed by atoms with van der Waals surface area (Å²) in [5.74, 6) is -1.46. The summed E-state index contributed by atoms with van der Waals surface area (Å²) < 4.78 is 35.2. The van der Waals surface area contributed by atoms with Crippen LogP contribution in [0.15, 0.2) is 12.1 Å². The highest BCUT2D eigenvalue weighted by Crippen LogP contribution is 2.22. The molecule has 0 heterocycles.